The molecule has 1 aromatic heterocycles. The lowest BCUT2D eigenvalue weighted by Crippen LogP contribution is -2.49. The van der Waals surface area contributed by atoms with E-state index >= 15 is 0 Å². The van der Waals surface area contributed by atoms with Gasteiger partial charge in [0.25, 0.3) is 0 Å². The number of anilines is 2. The van der Waals surface area contributed by atoms with Gasteiger partial charge in [-0.1, -0.05) is 0 Å². The molecule has 2 fully saturated rings. The summed E-state index contributed by atoms with van der Waals surface area (Å²) in [6.45, 7) is 7.09. The topological polar surface area (TPSA) is 78.9 Å². The van der Waals surface area contributed by atoms with Crippen LogP contribution < -0.4 is 9.80 Å². The van der Waals surface area contributed by atoms with Gasteiger partial charge in [0.1, 0.15) is 18.0 Å². The molecule has 0 amide bonds. The first-order chi connectivity index (χ1) is 11.1. The Hall–Kier alpha value is -1.45. The molecule has 0 spiro atoms. The number of hydrogen-bond donors (Lipinski definition) is 0. The predicted octanol–water partition coefficient (Wildman–Crippen LogP) is -0.215. The lowest BCUT2D eigenvalue weighted by molar-refractivity contribution is 0.122. The maximum Gasteiger partial charge on any atom is 0.213 e. The van der Waals surface area contributed by atoms with E-state index in [0.29, 0.717) is 39.4 Å². The molecule has 0 aromatic carbocycles. The van der Waals surface area contributed by atoms with E-state index in [1.54, 1.807) is 17.6 Å². The molecule has 0 unspecified atom stereocenters. The standard InChI is InChI=1S/C14H23N5O3S/c1-2-23(20,21)19-5-3-17(4-6-19)13-11-14(16-12-15-13)18-7-9-22-10-8-18/h11-12H,2-10H2,1H3. The van der Waals surface area contributed by atoms with E-state index in [2.05, 4.69) is 19.8 Å². The van der Waals surface area contributed by atoms with Crippen molar-refractivity contribution >= 4 is 21.7 Å². The van der Waals surface area contributed by atoms with Gasteiger partial charge in [-0.05, 0) is 6.92 Å². The quantitative estimate of drug-likeness (QED) is 0.749. The van der Waals surface area contributed by atoms with Crippen molar-refractivity contribution in [2.45, 2.75) is 6.92 Å². The Morgan fingerprint density at radius 2 is 1.57 bits per heavy atom. The molecule has 0 atom stereocenters. The van der Waals surface area contributed by atoms with Gasteiger partial charge in [0.15, 0.2) is 0 Å². The van der Waals surface area contributed by atoms with E-state index < -0.39 is 10.0 Å². The maximum atomic E-state index is 11.9. The number of morpholine rings is 1. The Bertz CT molecular complexity index is 625. The molecule has 0 N–H and O–H groups in total. The zero-order valence-electron chi connectivity index (χ0n) is 13.4. The Morgan fingerprint density at radius 3 is 2.13 bits per heavy atom. The molecule has 2 saturated heterocycles. The van der Waals surface area contributed by atoms with E-state index in [-0.39, 0.29) is 5.75 Å². The first-order valence-electron chi connectivity index (χ1n) is 7.97. The third kappa shape index (κ3) is 3.73. The Morgan fingerprint density at radius 1 is 1.00 bits per heavy atom. The van der Waals surface area contributed by atoms with Crippen LogP contribution in [0, 0.1) is 0 Å². The zero-order valence-corrected chi connectivity index (χ0v) is 14.2. The summed E-state index contributed by atoms with van der Waals surface area (Å²) >= 11 is 0. The van der Waals surface area contributed by atoms with E-state index in [9.17, 15) is 8.42 Å². The molecule has 128 valence electrons. The molecule has 2 aliphatic heterocycles. The number of aromatic nitrogens is 2. The van der Waals surface area contributed by atoms with Crippen molar-refractivity contribution < 1.29 is 13.2 Å². The predicted molar refractivity (Wildman–Crippen MR) is 88.3 cm³/mol. The molecule has 0 bridgehead atoms. The molecule has 3 heterocycles. The first-order valence-corrected chi connectivity index (χ1v) is 9.58. The van der Waals surface area contributed by atoms with Gasteiger partial charge >= 0.3 is 0 Å². The number of hydrogen-bond acceptors (Lipinski definition) is 7. The SMILES string of the molecule is CCS(=O)(=O)N1CCN(c2cc(N3CCOCC3)ncn2)CC1. The summed E-state index contributed by atoms with van der Waals surface area (Å²) < 4.78 is 30.8. The summed E-state index contributed by atoms with van der Waals surface area (Å²) in [7, 11) is -3.10. The molecule has 1 aromatic rings. The lowest BCUT2D eigenvalue weighted by atomic mass is 10.3. The average Bonchev–Trinajstić information content (AvgIpc) is 2.63. The van der Waals surface area contributed by atoms with Crippen molar-refractivity contribution in [3.05, 3.63) is 12.4 Å². The summed E-state index contributed by atoms with van der Waals surface area (Å²) in [6.07, 6.45) is 1.58. The van der Waals surface area contributed by atoms with Crippen molar-refractivity contribution in [3.8, 4) is 0 Å². The lowest BCUT2D eigenvalue weighted by Gasteiger charge is -2.35. The van der Waals surface area contributed by atoms with Crippen LogP contribution in [-0.4, -0.2) is 80.9 Å². The maximum absolute atomic E-state index is 11.9. The summed E-state index contributed by atoms with van der Waals surface area (Å²) in [5.74, 6) is 1.92. The molecular formula is C14H23N5O3S. The smallest absolute Gasteiger partial charge is 0.213 e. The Kier molecular flexibility index (Phi) is 4.98. The van der Waals surface area contributed by atoms with Gasteiger partial charge in [0, 0.05) is 45.3 Å². The molecular weight excluding hydrogens is 318 g/mol. The van der Waals surface area contributed by atoms with Crippen molar-refractivity contribution in [2.75, 3.05) is 68.0 Å². The molecule has 23 heavy (non-hydrogen) atoms. The third-order valence-corrected chi connectivity index (χ3v) is 6.18. The van der Waals surface area contributed by atoms with Crippen LogP contribution in [-0.2, 0) is 14.8 Å². The van der Waals surface area contributed by atoms with Crippen LogP contribution in [0.4, 0.5) is 11.6 Å². The van der Waals surface area contributed by atoms with E-state index in [1.165, 1.54) is 0 Å². The fraction of sp³-hybridized carbons (Fsp3) is 0.714. The zero-order chi connectivity index (χ0) is 16.3. The minimum atomic E-state index is -3.10. The second-order valence-electron chi connectivity index (χ2n) is 5.62. The Balaban J connectivity index is 1.66. The summed E-state index contributed by atoms with van der Waals surface area (Å²) in [5.41, 5.74) is 0. The summed E-state index contributed by atoms with van der Waals surface area (Å²) in [4.78, 5) is 13.0. The normalized spacial score (nSPS) is 20.7. The van der Waals surface area contributed by atoms with Crippen LogP contribution in [0.25, 0.3) is 0 Å². The summed E-state index contributed by atoms with van der Waals surface area (Å²) in [5, 5.41) is 0. The van der Waals surface area contributed by atoms with Gasteiger partial charge in [0.2, 0.25) is 10.0 Å². The number of rotatable bonds is 4. The van der Waals surface area contributed by atoms with Gasteiger partial charge in [0.05, 0.1) is 19.0 Å². The number of nitrogens with zero attached hydrogens (tertiary/aromatic N) is 5. The molecule has 8 nitrogen and oxygen atoms in total. The molecule has 0 saturated carbocycles. The highest BCUT2D eigenvalue weighted by molar-refractivity contribution is 7.89. The average molecular weight is 341 g/mol. The number of sulfonamides is 1. The highest BCUT2D eigenvalue weighted by Crippen LogP contribution is 2.20. The number of ether oxygens (including phenoxy) is 1. The van der Waals surface area contributed by atoms with E-state index in [4.69, 9.17) is 4.74 Å². The van der Waals surface area contributed by atoms with Crippen molar-refractivity contribution in [1.29, 1.82) is 0 Å². The van der Waals surface area contributed by atoms with Crippen LogP contribution in [0.2, 0.25) is 0 Å². The van der Waals surface area contributed by atoms with Gasteiger partial charge < -0.3 is 14.5 Å². The molecule has 3 rings (SSSR count). The molecule has 0 radical (unpaired) electrons. The fourth-order valence-corrected chi connectivity index (χ4v) is 3.94. The van der Waals surface area contributed by atoms with Gasteiger partial charge in [-0.2, -0.15) is 4.31 Å². The molecule has 0 aliphatic carbocycles. The van der Waals surface area contributed by atoms with Crippen LogP contribution in [0.3, 0.4) is 0 Å². The van der Waals surface area contributed by atoms with Gasteiger partial charge in [-0.3, -0.25) is 0 Å². The van der Waals surface area contributed by atoms with Gasteiger partial charge in [-0.15, -0.1) is 0 Å². The minimum Gasteiger partial charge on any atom is -0.378 e. The Labute approximate surface area is 137 Å². The van der Waals surface area contributed by atoms with Crippen molar-refractivity contribution in [1.82, 2.24) is 14.3 Å². The van der Waals surface area contributed by atoms with Crippen LogP contribution in [0.5, 0.6) is 0 Å². The molecule has 2 aliphatic rings. The third-order valence-electron chi connectivity index (χ3n) is 4.29. The fourth-order valence-electron chi connectivity index (χ4n) is 2.85. The highest BCUT2D eigenvalue weighted by atomic mass is 32.2. The van der Waals surface area contributed by atoms with Crippen LogP contribution in [0.15, 0.2) is 12.4 Å². The molecule has 9 heteroatoms. The number of piperazine rings is 1. The van der Waals surface area contributed by atoms with Crippen LogP contribution in [0.1, 0.15) is 6.92 Å². The summed E-state index contributed by atoms with van der Waals surface area (Å²) in [6, 6.07) is 1.98. The van der Waals surface area contributed by atoms with E-state index in [0.717, 1.165) is 24.7 Å². The monoisotopic (exact) mass is 341 g/mol. The first kappa shape index (κ1) is 16.4. The van der Waals surface area contributed by atoms with E-state index in [1.807, 2.05) is 6.07 Å². The minimum absolute atomic E-state index is 0.154. The van der Waals surface area contributed by atoms with Crippen molar-refractivity contribution in [3.63, 3.8) is 0 Å². The van der Waals surface area contributed by atoms with Gasteiger partial charge in [-0.25, -0.2) is 18.4 Å². The second kappa shape index (κ2) is 6.98. The highest BCUT2D eigenvalue weighted by Gasteiger charge is 2.26. The second-order valence-corrected chi connectivity index (χ2v) is 7.88. The largest absolute Gasteiger partial charge is 0.378 e. The van der Waals surface area contributed by atoms with Crippen molar-refractivity contribution in [2.24, 2.45) is 0 Å². The van der Waals surface area contributed by atoms with Crippen LogP contribution >= 0.6 is 0 Å².